The number of fused-ring (bicyclic) bond motifs is 3. The Bertz CT molecular complexity index is 1010. The molecule has 2 heterocycles. The van der Waals surface area contributed by atoms with Gasteiger partial charge in [-0.1, -0.05) is 13.8 Å². The van der Waals surface area contributed by atoms with Crippen LogP contribution < -0.4 is 5.32 Å². The monoisotopic (exact) mass is 412 g/mol. The number of imidazole rings is 1. The standard InChI is InChI=1S/C23H32N4O3/c1-6-29-14-21-26-20-13-24-19-12-17(25-23(28)15(2)3)8-9-18(19)22(20)27(21)10-7-11-30-16(4)5/h8-9,12-13,15-16H,6-7,10-11,14H2,1-5H3,(H,25,28). The number of nitrogens with zero attached hydrogens (tertiary/aromatic N) is 3. The Balaban J connectivity index is 1.98. The maximum Gasteiger partial charge on any atom is 0.226 e. The first kappa shape index (κ1) is 22.2. The van der Waals surface area contributed by atoms with Gasteiger partial charge in [-0.05, 0) is 45.4 Å². The fraction of sp³-hybridized carbons (Fsp3) is 0.522. The van der Waals surface area contributed by atoms with Crippen molar-refractivity contribution in [3.8, 4) is 0 Å². The van der Waals surface area contributed by atoms with Crippen molar-refractivity contribution >= 4 is 33.5 Å². The minimum Gasteiger partial charge on any atom is -0.379 e. The molecule has 1 N–H and O–H groups in total. The highest BCUT2D eigenvalue weighted by atomic mass is 16.5. The SMILES string of the molecule is CCOCc1nc2cnc3cc(NC(=O)C(C)C)ccc3c2n1CCCOC(C)C. The van der Waals surface area contributed by atoms with Gasteiger partial charge in [0.05, 0.1) is 23.3 Å². The van der Waals surface area contributed by atoms with Crippen molar-refractivity contribution in [1.29, 1.82) is 0 Å². The van der Waals surface area contributed by atoms with Gasteiger partial charge in [-0.25, -0.2) is 4.98 Å². The van der Waals surface area contributed by atoms with E-state index in [0.29, 0.717) is 19.8 Å². The summed E-state index contributed by atoms with van der Waals surface area (Å²) < 4.78 is 13.6. The molecule has 1 amide bonds. The predicted octanol–water partition coefficient (Wildman–Crippen LogP) is 4.53. The number of ether oxygens (including phenoxy) is 2. The van der Waals surface area contributed by atoms with Gasteiger partial charge >= 0.3 is 0 Å². The van der Waals surface area contributed by atoms with Crippen LogP contribution >= 0.6 is 0 Å². The van der Waals surface area contributed by atoms with Crippen LogP contribution in [-0.2, 0) is 27.4 Å². The van der Waals surface area contributed by atoms with Crippen molar-refractivity contribution in [2.45, 2.75) is 60.3 Å². The first-order valence-electron chi connectivity index (χ1n) is 10.7. The molecule has 0 aliphatic rings. The van der Waals surface area contributed by atoms with E-state index in [1.807, 2.05) is 52.8 Å². The molecule has 2 aromatic heterocycles. The Labute approximate surface area is 177 Å². The molecule has 0 spiro atoms. The highest BCUT2D eigenvalue weighted by molar-refractivity contribution is 6.04. The normalized spacial score (nSPS) is 11.8. The third kappa shape index (κ3) is 5.15. The van der Waals surface area contributed by atoms with Gasteiger partial charge in [-0.2, -0.15) is 0 Å². The average molecular weight is 413 g/mol. The van der Waals surface area contributed by atoms with Crippen LogP contribution in [0.1, 0.15) is 46.9 Å². The third-order valence-electron chi connectivity index (χ3n) is 4.86. The van der Waals surface area contributed by atoms with Crippen LogP contribution in [0.25, 0.3) is 21.9 Å². The van der Waals surface area contributed by atoms with Gasteiger partial charge in [0.15, 0.2) is 0 Å². The number of nitrogens with one attached hydrogen (secondary N) is 1. The molecule has 0 radical (unpaired) electrons. The number of pyridine rings is 1. The van der Waals surface area contributed by atoms with Crippen molar-refractivity contribution in [1.82, 2.24) is 14.5 Å². The molecule has 7 nitrogen and oxygen atoms in total. The van der Waals surface area contributed by atoms with Gasteiger partial charge in [-0.15, -0.1) is 0 Å². The summed E-state index contributed by atoms with van der Waals surface area (Å²) in [5.41, 5.74) is 3.47. The maximum absolute atomic E-state index is 12.0. The summed E-state index contributed by atoms with van der Waals surface area (Å²) in [6, 6.07) is 5.84. The van der Waals surface area contributed by atoms with E-state index in [0.717, 1.165) is 46.4 Å². The van der Waals surface area contributed by atoms with E-state index in [-0.39, 0.29) is 17.9 Å². The molecule has 0 aliphatic heterocycles. The summed E-state index contributed by atoms with van der Waals surface area (Å²) in [5.74, 6) is 0.805. The van der Waals surface area contributed by atoms with Crippen LogP contribution in [-0.4, -0.2) is 39.8 Å². The summed E-state index contributed by atoms with van der Waals surface area (Å²) in [4.78, 5) is 21.4. The van der Waals surface area contributed by atoms with Crippen molar-refractivity contribution in [3.05, 3.63) is 30.2 Å². The number of hydrogen-bond donors (Lipinski definition) is 1. The van der Waals surface area contributed by atoms with Crippen LogP contribution in [0.15, 0.2) is 24.4 Å². The Morgan fingerprint density at radius 3 is 2.70 bits per heavy atom. The summed E-state index contributed by atoms with van der Waals surface area (Å²) in [6.07, 6.45) is 2.90. The van der Waals surface area contributed by atoms with Gasteiger partial charge < -0.3 is 19.4 Å². The second-order valence-electron chi connectivity index (χ2n) is 7.96. The number of amides is 1. The number of benzene rings is 1. The van der Waals surface area contributed by atoms with Gasteiger partial charge in [0.1, 0.15) is 17.9 Å². The van der Waals surface area contributed by atoms with E-state index >= 15 is 0 Å². The molecule has 0 bridgehead atoms. The maximum atomic E-state index is 12.0. The van der Waals surface area contributed by atoms with Crippen LogP contribution in [0, 0.1) is 5.92 Å². The Hall–Kier alpha value is -2.51. The molecular weight excluding hydrogens is 380 g/mol. The lowest BCUT2D eigenvalue weighted by molar-refractivity contribution is -0.118. The molecule has 3 rings (SSSR count). The minimum absolute atomic E-state index is 0.00961. The van der Waals surface area contributed by atoms with Crippen molar-refractivity contribution in [2.24, 2.45) is 5.92 Å². The molecule has 1 aromatic carbocycles. The molecule has 0 saturated heterocycles. The van der Waals surface area contributed by atoms with Gasteiger partial charge in [-0.3, -0.25) is 9.78 Å². The quantitative estimate of drug-likeness (QED) is 0.495. The number of hydrogen-bond acceptors (Lipinski definition) is 5. The highest BCUT2D eigenvalue weighted by Crippen LogP contribution is 2.27. The number of rotatable bonds is 10. The van der Waals surface area contributed by atoms with E-state index in [4.69, 9.17) is 14.5 Å². The summed E-state index contributed by atoms with van der Waals surface area (Å²) >= 11 is 0. The zero-order chi connectivity index (χ0) is 21.7. The van der Waals surface area contributed by atoms with Crippen LogP contribution in [0.3, 0.4) is 0 Å². The van der Waals surface area contributed by atoms with Crippen LogP contribution in [0.2, 0.25) is 0 Å². The van der Waals surface area contributed by atoms with Crippen LogP contribution in [0.4, 0.5) is 5.69 Å². The fourth-order valence-electron chi connectivity index (χ4n) is 3.31. The van der Waals surface area contributed by atoms with Gasteiger partial charge in [0.2, 0.25) is 5.91 Å². The first-order valence-corrected chi connectivity index (χ1v) is 10.7. The molecule has 3 aromatic rings. The topological polar surface area (TPSA) is 78.3 Å². The van der Waals surface area contributed by atoms with Gasteiger partial charge in [0, 0.05) is 36.8 Å². The molecule has 7 heteroatoms. The van der Waals surface area contributed by atoms with Gasteiger partial charge in [0.25, 0.3) is 0 Å². The summed E-state index contributed by atoms with van der Waals surface area (Å²) in [5, 5.41) is 3.95. The number of aromatic nitrogens is 3. The Morgan fingerprint density at radius 2 is 2.00 bits per heavy atom. The molecule has 0 unspecified atom stereocenters. The molecule has 162 valence electrons. The molecule has 0 fully saturated rings. The lowest BCUT2D eigenvalue weighted by Crippen LogP contribution is -2.17. The van der Waals surface area contributed by atoms with E-state index in [2.05, 4.69) is 14.9 Å². The third-order valence-corrected chi connectivity index (χ3v) is 4.86. The largest absolute Gasteiger partial charge is 0.379 e. The van der Waals surface area contributed by atoms with E-state index in [9.17, 15) is 4.79 Å². The number of carbonyl (C=O) groups is 1. The highest BCUT2D eigenvalue weighted by Gasteiger charge is 2.15. The van der Waals surface area contributed by atoms with E-state index in [1.165, 1.54) is 0 Å². The Kier molecular flexibility index (Phi) is 7.39. The number of aryl methyl sites for hydroxylation is 1. The second kappa shape index (κ2) is 10.00. The second-order valence-corrected chi connectivity index (χ2v) is 7.96. The van der Waals surface area contributed by atoms with Crippen LogP contribution in [0.5, 0.6) is 0 Å². The number of anilines is 1. The number of carbonyl (C=O) groups excluding carboxylic acids is 1. The van der Waals surface area contributed by atoms with Crippen molar-refractivity contribution in [2.75, 3.05) is 18.5 Å². The van der Waals surface area contributed by atoms with E-state index in [1.54, 1.807) is 6.20 Å². The predicted molar refractivity (Wildman–Crippen MR) is 120 cm³/mol. The molecular formula is C23H32N4O3. The summed E-state index contributed by atoms with van der Waals surface area (Å²) in [7, 11) is 0. The minimum atomic E-state index is -0.0771. The zero-order valence-corrected chi connectivity index (χ0v) is 18.6. The smallest absolute Gasteiger partial charge is 0.226 e. The molecule has 0 atom stereocenters. The van der Waals surface area contributed by atoms with Crippen molar-refractivity contribution < 1.29 is 14.3 Å². The fourth-order valence-corrected chi connectivity index (χ4v) is 3.31. The zero-order valence-electron chi connectivity index (χ0n) is 18.6. The first-order chi connectivity index (χ1) is 14.4. The van der Waals surface area contributed by atoms with Crippen molar-refractivity contribution in [3.63, 3.8) is 0 Å². The molecule has 0 saturated carbocycles. The average Bonchev–Trinajstić information content (AvgIpc) is 3.07. The lowest BCUT2D eigenvalue weighted by Gasteiger charge is -2.13. The lowest BCUT2D eigenvalue weighted by atomic mass is 10.1. The molecule has 0 aliphatic carbocycles. The summed E-state index contributed by atoms with van der Waals surface area (Å²) in [6.45, 7) is 12.4. The molecule has 30 heavy (non-hydrogen) atoms. The van der Waals surface area contributed by atoms with E-state index < -0.39 is 0 Å². The Morgan fingerprint density at radius 1 is 1.20 bits per heavy atom.